The Morgan fingerprint density at radius 3 is 1.95 bits per heavy atom. The highest BCUT2D eigenvalue weighted by Crippen LogP contribution is 2.41. The second-order valence-corrected chi connectivity index (χ2v) is 8.46. The van der Waals surface area contributed by atoms with Crippen LogP contribution in [0.5, 0.6) is 5.75 Å². The van der Waals surface area contributed by atoms with E-state index >= 15 is 0 Å². The smallest absolute Gasteiger partial charge is 0.305 e. The van der Waals surface area contributed by atoms with Gasteiger partial charge in [0.2, 0.25) is 5.91 Å². The van der Waals surface area contributed by atoms with E-state index in [1.54, 1.807) is 6.07 Å². The zero-order chi connectivity index (χ0) is 30.5. The van der Waals surface area contributed by atoms with E-state index < -0.39 is 27.1 Å². The van der Waals surface area contributed by atoms with Crippen molar-refractivity contribution in [1.82, 2.24) is 0 Å². The van der Waals surface area contributed by atoms with Crippen molar-refractivity contribution in [3.05, 3.63) is 50.6 Å². The standard InChI is InChI=1S/C25H30N6O10/c1-16(32)26-19-14-22(29(11-5-7-24(33)40-3)12-6-8-25(34)41-4)23(39-2)15-20(19)28-27-18-10-9-17(30(35)36)13-21(18)31(37)38/h9-10,13-15H,5-8,11-12H2,1-4H3,(H,26,32). The van der Waals surface area contributed by atoms with Gasteiger partial charge in [0.1, 0.15) is 11.4 Å². The number of amides is 1. The average molecular weight is 575 g/mol. The number of nitro benzene ring substituents is 2. The maximum Gasteiger partial charge on any atom is 0.305 e. The molecule has 0 aliphatic carbocycles. The van der Waals surface area contributed by atoms with Gasteiger partial charge in [-0.1, -0.05) is 0 Å². The highest BCUT2D eigenvalue weighted by atomic mass is 16.6. The molecule has 0 bridgehead atoms. The van der Waals surface area contributed by atoms with E-state index in [0.717, 1.165) is 18.2 Å². The summed E-state index contributed by atoms with van der Waals surface area (Å²) in [7, 11) is 3.98. The number of nitrogens with zero attached hydrogens (tertiary/aromatic N) is 5. The minimum atomic E-state index is -0.819. The number of carbonyl (C=O) groups excluding carboxylic acids is 3. The van der Waals surface area contributed by atoms with Crippen molar-refractivity contribution in [2.45, 2.75) is 32.6 Å². The lowest BCUT2D eigenvalue weighted by molar-refractivity contribution is -0.393. The molecule has 2 aromatic carbocycles. The molecule has 0 spiro atoms. The van der Waals surface area contributed by atoms with Crippen molar-refractivity contribution in [2.24, 2.45) is 10.2 Å². The summed E-state index contributed by atoms with van der Waals surface area (Å²) < 4.78 is 15.0. The number of non-ortho nitro benzene ring substituents is 1. The van der Waals surface area contributed by atoms with Crippen LogP contribution in [0, 0.1) is 20.2 Å². The summed E-state index contributed by atoms with van der Waals surface area (Å²) >= 11 is 0. The number of carbonyl (C=O) groups is 3. The van der Waals surface area contributed by atoms with E-state index in [9.17, 15) is 34.6 Å². The van der Waals surface area contributed by atoms with Crippen LogP contribution in [-0.4, -0.2) is 62.1 Å². The summed E-state index contributed by atoms with van der Waals surface area (Å²) in [6.07, 6.45) is 1.11. The summed E-state index contributed by atoms with van der Waals surface area (Å²) in [5.74, 6) is -0.924. The molecular weight excluding hydrogens is 544 g/mol. The minimum absolute atomic E-state index is 0.0810. The Morgan fingerprint density at radius 2 is 1.46 bits per heavy atom. The highest BCUT2D eigenvalue weighted by molar-refractivity contribution is 5.94. The molecule has 0 aromatic heterocycles. The fraction of sp³-hybridized carbons (Fsp3) is 0.400. The van der Waals surface area contributed by atoms with Gasteiger partial charge in [-0.05, 0) is 25.0 Å². The minimum Gasteiger partial charge on any atom is -0.494 e. The van der Waals surface area contributed by atoms with Crippen molar-refractivity contribution >= 4 is 52.0 Å². The maximum atomic E-state index is 12.0. The van der Waals surface area contributed by atoms with Gasteiger partial charge < -0.3 is 24.4 Å². The number of nitrogens with one attached hydrogen (secondary N) is 1. The first kappa shape index (κ1) is 32.1. The molecule has 2 rings (SSSR count). The van der Waals surface area contributed by atoms with E-state index in [0.29, 0.717) is 37.4 Å². The molecule has 0 saturated heterocycles. The van der Waals surface area contributed by atoms with Gasteiger partial charge in [0, 0.05) is 45.0 Å². The number of nitro groups is 2. The second-order valence-electron chi connectivity index (χ2n) is 8.46. The van der Waals surface area contributed by atoms with Gasteiger partial charge >= 0.3 is 17.6 Å². The Bertz CT molecular complexity index is 1310. The molecule has 2 aromatic rings. The number of hydrogen-bond acceptors (Lipinski definition) is 13. The Hall–Kier alpha value is -5.15. The average Bonchev–Trinajstić information content (AvgIpc) is 2.94. The third kappa shape index (κ3) is 9.52. The molecular formula is C25H30N6O10. The molecule has 0 aliphatic heterocycles. The monoisotopic (exact) mass is 574 g/mol. The van der Waals surface area contributed by atoms with Crippen LogP contribution in [-0.2, 0) is 23.9 Å². The van der Waals surface area contributed by atoms with Gasteiger partial charge in [0.15, 0.2) is 5.69 Å². The van der Waals surface area contributed by atoms with Crippen LogP contribution in [0.4, 0.5) is 34.1 Å². The first-order valence-corrected chi connectivity index (χ1v) is 12.2. The molecule has 1 N–H and O–H groups in total. The predicted molar refractivity (Wildman–Crippen MR) is 146 cm³/mol. The van der Waals surface area contributed by atoms with Crippen molar-refractivity contribution in [2.75, 3.05) is 44.6 Å². The number of anilines is 2. The van der Waals surface area contributed by atoms with Gasteiger partial charge in [-0.15, -0.1) is 10.2 Å². The van der Waals surface area contributed by atoms with E-state index in [4.69, 9.17) is 14.2 Å². The molecule has 220 valence electrons. The molecule has 16 nitrogen and oxygen atoms in total. The predicted octanol–water partition coefficient (Wildman–Crippen LogP) is 4.60. The zero-order valence-electron chi connectivity index (χ0n) is 22.9. The van der Waals surface area contributed by atoms with E-state index in [1.807, 2.05) is 4.90 Å². The SMILES string of the molecule is COC(=O)CCCN(CCCC(=O)OC)c1cc(NC(C)=O)c(N=Nc2ccc([N+](=O)[O-])cc2[N+](=O)[O-])cc1OC. The fourth-order valence-electron chi connectivity index (χ4n) is 3.69. The number of rotatable bonds is 15. The number of ether oxygens (including phenoxy) is 3. The Morgan fingerprint density at radius 1 is 0.878 bits per heavy atom. The molecule has 0 atom stereocenters. The van der Waals surface area contributed by atoms with Gasteiger partial charge in [0.25, 0.3) is 5.69 Å². The number of azo groups is 1. The molecule has 0 unspecified atom stereocenters. The van der Waals surface area contributed by atoms with Gasteiger partial charge in [-0.3, -0.25) is 34.6 Å². The van der Waals surface area contributed by atoms with Crippen molar-refractivity contribution in [1.29, 1.82) is 0 Å². The van der Waals surface area contributed by atoms with Gasteiger partial charge in [-0.25, -0.2) is 0 Å². The maximum absolute atomic E-state index is 12.0. The topological polar surface area (TPSA) is 205 Å². The quantitative estimate of drug-likeness (QED) is 0.135. The lowest BCUT2D eigenvalue weighted by Crippen LogP contribution is -2.27. The van der Waals surface area contributed by atoms with Gasteiger partial charge in [0.05, 0.1) is 48.6 Å². The first-order chi connectivity index (χ1) is 19.5. The lowest BCUT2D eigenvalue weighted by atomic mass is 10.1. The number of benzene rings is 2. The van der Waals surface area contributed by atoms with Crippen LogP contribution in [0.25, 0.3) is 0 Å². The molecule has 0 fully saturated rings. The number of esters is 2. The van der Waals surface area contributed by atoms with Crippen LogP contribution in [0.15, 0.2) is 40.6 Å². The van der Waals surface area contributed by atoms with Crippen LogP contribution in [0.2, 0.25) is 0 Å². The van der Waals surface area contributed by atoms with Gasteiger partial charge in [-0.2, -0.15) is 0 Å². The Labute approximate surface area is 234 Å². The normalized spacial score (nSPS) is 10.6. The molecule has 0 heterocycles. The summed E-state index contributed by atoms with van der Waals surface area (Å²) in [6.45, 7) is 2.00. The summed E-state index contributed by atoms with van der Waals surface area (Å²) in [5.41, 5.74) is -0.587. The highest BCUT2D eigenvalue weighted by Gasteiger charge is 2.21. The molecule has 0 radical (unpaired) electrons. The Kier molecular flexibility index (Phi) is 12.1. The van der Waals surface area contributed by atoms with E-state index in [1.165, 1.54) is 34.3 Å². The number of methoxy groups -OCH3 is 3. The van der Waals surface area contributed by atoms with Crippen molar-refractivity contribution in [3.63, 3.8) is 0 Å². The van der Waals surface area contributed by atoms with Crippen molar-refractivity contribution in [3.8, 4) is 5.75 Å². The molecule has 1 amide bonds. The summed E-state index contributed by atoms with van der Waals surface area (Å²) in [5, 5.41) is 33.1. The molecule has 41 heavy (non-hydrogen) atoms. The first-order valence-electron chi connectivity index (χ1n) is 12.2. The summed E-state index contributed by atoms with van der Waals surface area (Å²) in [4.78, 5) is 58.1. The van der Waals surface area contributed by atoms with Crippen LogP contribution in [0.3, 0.4) is 0 Å². The summed E-state index contributed by atoms with van der Waals surface area (Å²) in [6, 6.07) is 5.94. The second kappa shape index (κ2) is 15.4. The van der Waals surface area contributed by atoms with Crippen molar-refractivity contribution < 1.29 is 38.4 Å². The molecule has 16 heteroatoms. The largest absolute Gasteiger partial charge is 0.494 e. The molecule has 0 saturated carbocycles. The number of hydrogen-bond donors (Lipinski definition) is 1. The van der Waals surface area contributed by atoms with E-state index in [2.05, 4.69) is 15.5 Å². The molecule has 0 aliphatic rings. The fourth-order valence-corrected chi connectivity index (χ4v) is 3.69. The lowest BCUT2D eigenvalue weighted by Gasteiger charge is -2.27. The Balaban J connectivity index is 2.54. The van der Waals surface area contributed by atoms with Crippen LogP contribution < -0.4 is 15.0 Å². The van der Waals surface area contributed by atoms with Crippen LogP contribution >= 0.6 is 0 Å². The van der Waals surface area contributed by atoms with Crippen LogP contribution in [0.1, 0.15) is 32.6 Å². The third-order valence-corrected chi connectivity index (χ3v) is 5.65. The van der Waals surface area contributed by atoms with E-state index in [-0.39, 0.29) is 41.8 Å². The third-order valence-electron chi connectivity index (χ3n) is 5.65. The zero-order valence-corrected chi connectivity index (χ0v) is 22.9.